The minimum atomic E-state index is -3.44. The van der Waals surface area contributed by atoms with Crippen LogP contribution in [0.1, 0.15) is 56.9 Å². The lowest BCUT2D eigenvalue weighted by Gasteiger charge is -2.41. The van der Waals surface area contributed by atoms with Crippen LogP contribution in [0, 0.1) is 24.7 Å². The Labute approximate surface area is 223 Å². The molecule has 0 aliphatic heterocycles. The fourth-order valence-corrected chi connectivity index (χ4v) is 8.11. The van der Waals surface area contributed by atoms with Crippen molar-refractivity contribution in [3.8, 4) is 0 Å². The maximum Gasteiger partial charge on any atom is 0.258 e. The summed E-state index contributed by atoms with van der Waals surface area (Å²) in [7, 11) is 0.607. The van der Waals surface area contributed by atoms with Crippen molar-refractivity contribution in [1.82, 2.24) is 0 Å². The number of hydrogen-bond donors (Lipinski definition) is 1. The molecule has 0 aromatic heterocycles. The standard InChI is InChI=1S/C32H43N2O2P/c1-23(2)30-21-14-25(4)22-31(30)36-37(35,29-19-17-28(18-20-29)34(5)6)32(26-15-12-24(3)13-16-26)33-27-10-8-7-9-11-27/h7-13,15-20,23,25,30-33H,14,21-22H2,1-6H3/t25-,30-,31-,32+,37+/m1/s1. The highest BCUT2D eigenvalue weighted by Gasteiger charge is 2.43. The van der Waals surface area contributed by atoms with Gasteiger partial charge in [-0.1, -0.05) is 75.2 Å². The van der Waals surface area contributed by atoms with Gasteiger partial charge in [0.1, 0.15) is 5.78 Å². The van der Waals surface area contributed by atoms with E-state index in [-0.39, 0.29) is 6.10 Å². The first-order valence-corrected chi connectivity index (χ1v) is 15.3. The molecule has 0 saturated heterocycles. The van der Waals surface area contributed by atoms with Gasteiger partial charge in [0, 0.05) is 30.8 Å². The molecule has 37 heavy (non-hydrogen) atoms. The lowest BCUT2D eigenvalue weighted by Crippen LogP contribution is -2.35. The molecule has 4 nitrogen and oxygen atoms in total. The zero-order valence-corrected chi connectivity index (χ0v) is 24.1. The summed E-state index contributed by atoms with van der Waals surface area (Å²) in [5, 5.41) is 4.39. The fourth-order valence-electron chi connectivity index (χ4n) is 5.47. The molecule has 5 atom stereocenters. The van der Waals surface area contributed by atoms with Gasteiger partial charge in [-0.2, -0.15) is 0 Å². The van der Waals surface area contributed by atoms with Gasteiger partial charge < -0.3 is 14.7 Å². The van der Waals surface area contributed by atoms with Crippen LogP contribution in [0.4, 0.5) is 11.4 Å². The number of rotatable bonds is 9. The van der Waals surface area contributed by atoms with Crippen molar-refractivity contribution in [2.75, 3.05) is 24.3 Å². The van der Waals surface area contributed by atoms with E-state index in [1.807, 2.05) is 68.7 Å². The second kappa shape index (κ2) is 11.9. The van der Waals surface area contributed by atoms with E-state index in [9.17, 15) is 0 Å². The van der Waals surface area contributed by atoms with E-state index >= 15 is 4.57 Å². The highest BCUT2D eigenvalue weighted by molar-refractivity contribution is 7.67. The summed E-state index contributed by atoms with van der Waals surface area (Å²) in [5.41, 5.74) is 4.15. The number of hydrogen-bond acceptors (Lipinski definition) is 4. The van der Waals surface area contributed by atoms with Crippen LogP contribution in [-0.4, -0.2) is 20.2 Å². The third kappa shape index (κ3) is 6.48. The summed E-state index contributed by atoms with van der Waals surface area (Å²) >= 11 is 0. The summed E-state index contributed by atoms with van der Waals surface area (Å²) in [6.45, 7) is 8.92. The van der Waals surface area contributed by atoms with Crippen molar-refractivity contribution >= 4 is 24.0 Å². The molecule has 198 valence electrons. The van der Waals surface area contributed by atoms with Crippen LogP contribution in [0.15, 0.2) is 78.9 Å². The number of nitrogens with one attached hydrogen (secondary N) is 1. The Kier molecular flexibility index (Phi) is 8.82. The Morgan fingerprint density at radius 2 is 1.57 bits per heavy atom. The average Bonchev–Trinajstić information content (AvgIpc) is 2.88. The molecule has 5 heteroatoms. The third-order valence-corrected chi connectivity index (χ3v) is 10.5. The van der Waals surface area contributed by atoms with Crippen molar-refractivity contribution in [3.63, 3.8) is 0 Å². The number of aryl methyl sites for hydroxylation is 1. The Bertz CT molecular complexity index is 1180. The minimum Gasteiger partial charge on any atom is -0.378 e. The van der Waals surface area contributed by atoms with E-state index in [0.29, 0.717) is 17.8 Å². The zero-order valence-electron chi connectivity index (χ0n) is 23.2. The maximum atomic E-state index is 15.5. The van der Waals surface area contributed by atoms with Crippen molar-refractivity contribution in [3.05, 3.63) is 90.0 Å². The predicted molar refractivity (Wildman–Crippen MR) is 158 cm³/mol. The maximum absolute atomic E-state index is 15.5. The highest BCUT2D eigenvalue weighted by atomic mass is 31.2. The second-order valence-electron chi connectivity index (χ2n) is 11.3. The molecule has 0 radical (unpaired) electrons. The molecule has 0 unspecified atom stereocenters. The van der Waals surface area contributed by atoms with Crippen LogP contribution in [0.3, 0.4) is 0 Å². The summed E-state index contributed by atoms with van der Waals surface area (Å²) in [6.07, 6.45) is 3.21. The second-order valence-corrected chi connectivity index (χ2v) is 13.7. The molecule has 1 saturated carbocycles. The molecule has 0 amide bonds. The molecule has 1 aliphatic carbocycles. The Morgan fingerprint density at radius 1 is 0.919 bits per heavy atom. The Hall–Kier alpha value is -2.55. The van der Waals surface area contributed by atoms with Gasteiger partial charge in [-0.05, 0) is 79.5 Å². The smallest absolute Gasteiger partial charge is 0.258 e. The normalized spacial score (nSPS) is 22.3. The number of anilines is 2. The quantitative estimate of drug-likeness (QED) is 0.290. The van der Waals surface area contributed by atoms with Crippen LogP contribution in [0.5, 0.6) is 0 Å². The first-order chi connectivity index (χ1) is 17.7. The number of benzene rings is 3. The number of para-hydroxylation sites is 1. The van der Waals surface area contributed by atoms with Crippen LogP contribution >= 0.6 is 7.37 Å². The van der Waals surface area contributed by atoms with E-state index in [4.69, 9.17) is 4.52 Å². The van der Waals surface area contributed by atoms with Gasteiger partial charge in [-0.3, -0.25) is 4.57 Å². The highest BCUT2D eigenvalue weighted by Crippen LogP contribution is 2.61. The Balaban J connectivity index is 1.84. The first kappa shape index (κ1) is 27.5. The lowest BCUT2D eigenvalue weighted by atomic mass is 9.75. The molecule has 3 aromatic carbocycles. The van der Waals surface area contributed by atoms with Crippen LogP contribution in [-0.2, 0) is 9.09 Å². The van der Waals surface area contributed by atoms with Crippen LogP contribution in [0.2, 0.25) is 0 Å². The van der Waals surface area contributed by atoms with Crippen molar-refractivity contribution in [2.24, 2.45) is 17.8 Å². The molecular weight excluding hydrogens is 475 g/mol. The van der Waals surface area contributed by atoms with E-state index in [1.54, 1.807) is 0 Å². The van der Waals surface area contributed by atoms with Gasteiger partial charge in [-0.25, -0.2) is 0 Å². The summed E-state index contributed by atoms with van der Waals surface area (Å²) < 4.78 is 22.5. The molecule has 0 heterocycles. The molecule has 0 bridgehead atoms. The van der Waals surface area contributed by atoms with E-state index in [1.165, 1.54) is 12.0 Å². The molecule has 1 aliphatic rings. The topological polar surface area (TPSA) is 41.6 Å². The molecule has 4 rings (SSSR count). The zero-order chi connectivity index (χ0) is 26.6. The van der Waals surface area contributed by atoms with Gasteiger partial charge in [0.2, 0.25) is 0 Å². The molecule has 1 fully saturated rings. The first-order valence-electron chi connectivity index (χ1n) is 13.6. The van der Waals surface area contributed by atoms with Gasteiger partial charge in [0.25, 0.3) is 7.37 Å². The summed E-state index contributed by atoms with van der Waals surface area (Å²) in [5.74, 6) is 0.915. The van der Waals surface area contributed by atoms with Gasteiger partial charge >= 0.3 is 0 Å². The van der Waals surface area contributed by atoms with Crippen LogP contribution < -0.4 is 15.5 Å². The van der Waals surface area contributed by atoms with Crippen LogP contribution in [0.25, 0.3) is 0 Å². The molecular formula is C32H43N2O2P. The van der Waals surface area contributed by atoms with Crippen molar-refractivity contribution in [2.45, 2.75) is 58.8 Å². The van der Waals surface area contributed by atoms with E-state index in [2.05, 4.69) is 62.2 Å². The fraction of sp³-hybridized carbons (Fsp3) is 0.438. The third-order valence-electron chi connectivity index (χ3n) is 7.79. The van der Waals surface area contributed by atoms with E-state index in [0.717, 1.165) is 35.1 Å². The largest absolute Gasteiger partial charge is 0.378 e. The van der Waals surface area contributed by atoms with Gasteiger partial charge in [0.05, 0.1) is 6.10 Å². The summed E-state index contributed by atoms with van der Waals surface area (Å²) in [6, 6.07) is 26.5. The average molecular weight is 519 g/mol. The van der Waals surface area contributed by atoms with Crippen molar-refractivity contribution < 1.29 is 9.09 Å². The summed E-state index contributed by atoms with van der Waals surface area (Å²) in [4.78, 5) is 2.06. The van der Waals surface area contributed by atoms with Gasteiger partial charge in [0.15, 0.2) is 0 Å². The lowest BCUT2D eigenvalue weighted by molar-refractivity contribution is 0.0489. The Morgan fingerprint density at radius 3 is 2.16 bits per heavy atom. The monoisotopic (exact) mass is 518 g/mol. The molecule has 0 spiro atoms. The van der Waals surface area contributed by atoms with Crippen molar-refractivity contribution in [1.29, 1.82) is 0 Å². The predicted octanol–water partition coefficient (Wildman–Crippen LogP) is 8.25. The minimum absolute atomic E-state index is 0.0476. The molecule has 3 aromatic rings. The SMILES string of the molecule is Cc1ccc([C@@H](Nc2ccccc2)[P@@](=O)(O[C@@H]2C[C@H](C)CC[C@@H]2C(C)C)c2ccc(N(C)C)cc2)cc1. The van der Waals surface area contributed by atoms with Gasteiger partial charge in [-0.15, -0.1) is 0 Å². The van der Waals surface area contributed by atoms with E-state index < -0.39 is 13.2 Å². The molecule has 1 N–H and O–H groups in total. The number of nitrogens with zero attached hydrogens (tertiary/aromatic N) is 1.